The summed E-state index contributed by atoms with van der Waals surface area (Å²) in [6, 6.07) is 15.6. The molecule has 1 aliphatic heterocycles. The first-order valence-electron chi connectivity index (χ1n) is 10.8. The Morgan fingerprint density at radius 3 is 2.74 bits per heavy atom. The predicted octanol–water partition coefficient (Wildman–Crippen LogP) is 4.69. The van der Waals surface area contributed by atoms with E-state index in [9.17, 15) is 9.59 Å². The number of amides is 2. The lowest BCUT2D eigenvalue weighted by molar-refractivity contribution is -0.126. The van der Waals surface area contributed by atoms with Crippen molar-refractivity contribution in [1.82, 2.24) is 15.3 Å². The van der Waals surface area contributed by atoms with Gasteiger partial charge in [-0.05, 0) is 30.2 Å². The molecular formula is C24H28N4O2S. The van der Waals surface area contributed by atoms with Crippen LogP contribution in [0.2, 0.25) is 0 Å². The summed E-state index contributed by atoms with van der Waals surface area (Å²) in [6.07, 6.45) is 1.26. The number of aromatic amines is 1. The summed E-state index contributed by atoms with van der Waals surface area (Å²) in [7, 11) is 0. The van der Waals surface area contributed by atoms with Gasteiger partial charge in [-0.2, -0.15) is 0 Å². The van der Waals surface area contributed by atoms with Crippen LogP contribution in [0.5, 0.6) is 0 Å². The van der Waals surface area contributed by atoms with Crippen LogP contribution in [0.25, 0.3) is 11.0 Å². The molecule has 1 aromatic heterocycles. The third kappa shape index (κ3) is 4.77. The number of rotatable bonds is 7. The Morgan fingerprint density at radius 1 is 1.16 bits per heavy atom. The molecule has 2 aromatic carbocycles. The maximum Gasteiger partial charge on any atom is 0.227 e. The standard InChI is InChI=1S/C24H28N4O2S/c1-3-16(2)23(24-25-17-8-4-5-9-18(17)26-24)27-21(29)12-13-22(30)28-14-15-31-20-11-7-6-10-19(20)28/h4-11,16,23H,3,12-15H2,1-2H3,(H,25,26)(H,27,29). The van der Waals surface area contributed by atoms with Gasteiger partial charge in [-0.25, -0.2) is 4.98 Å². The third-order valence-electron chi connectivity index (χ3n) is 5.83. The van der Waals surface area contributed by atoms with Gasteiger partial charge in [-0.1, -0.05) is 44.5 Å². The first-order chi connectivity index (χ1) is 15.1. The molecule has 0 bridgehead atoms. The van der Waals surface area contributed by atoms with Crippen molar-refractivity contribution in [3.05, 3.63) is 54.4 Å². The number of para-hydroxylation sites is 3. The number of thioether (sulfide) groups is 1. The second kappa shape index (κ2) is 9.56. The van der Waals surface area contributed by atoms with Gasteiger partial charge in [0.25, 0.3) is 0 Å². The van der Waals surface area contributed by atoms with Gasteiger partial charge in [0.2, 0.25) is 11.8 Å². The Bertz CT molecular complexity index is 1050. The van der Waals surface area contributed by atoms with E-state index in [4.69, 9.17) is 0 Å². The van der Waals surface area contributed by atoms with E-state index in [0.717, 1.165) is 39.6 Å². The fourth-order valence-corrected chi connectivity index (χ4v) is 4.86. The second-order valence-corrected chi connectivity index (χ2v) is 9.07. The molecule has 0 aliphatic carbocycles. The van der Waals surface area contributed by atoms with Crippen LogP contribution < -0.4 is 10.2 Å². The Labute approximate surface area is 186 Å². The Hall–Kier alpha value is -2.80. The molecule has 0 spiro atoms. The molecule has 2 unspecified atom stereocenters. The minimum atomic E-state index is -0.216. The van der Waals surface area contributed by atoms with Gasteiger partial charge in [0, 0.05) is 30.0 Å². The zero-order valence-corrected chi connectivity index (χ0v) is 18.7. The highest BCUT2D eigenvalue weighted by Gasteiger charge is 2.26. The van der Waals surface area contributed by atoms with Crippen molar-refractivity contribution in [1.29, 1.82) is 0 Å². The summed E-state index contributed by atoms with van der Waals surface area (Å²) in [5.41, 5.74) is 2.79. The molecule has 31 heavy (non-hydrogen) atoms. The first-order valence-corrected chi connectivity index (χ1v) is 11.8. The van der Waals surface area contributed by atoms with Gasteiger partial charge < -0.3 is 15.2 Å². The third-order valence-corrected chi connectivity index (χ3v) is 6.87. The summed E-state index contributed by atoms with van der Waals surface area (Å²) in [6.45, 7) is 4.88. The SMILES string of the molecule is CCC(C)C(NC(=O)CCC(=O)N1CCSc2ccccc21)c1nc2ccccc2[nH]1. The molecule has 2 N–H and O–H groups in total. The number of carbonyl (C=O) groups is 2. The van der Waals surface area contributed by atoms with Crippen LogP contribution in [0.15, 0.2) is 53.4 Å². The first kappa shape index (κ1) is 21.4. The van der Waals surface area contributed by atoms with Gasteiger partial charge in [0.15, 0.2) is 0 Å². The normalized spacial score (nSPS) is 15.4. The molecule has 4 rings (SSSR count). The lowest BCUT2D eigenvalue weighted by atomic mass is 9.98. The number of carbonyl (C=O) groups excluding carboxylic acids is 2. The highest BCUT2D eigenvalue weighted by atomic mass is 32.2. The Morgan fingerprint density at radius 2 is 1.94 bits per heavy atom. The lowest BCUT2D eigenvalue weighted by Crippen LogP contribution is -2.37. The van der Waals surface area contributed by atoms with E-state index in [1.807, 2.05) is 53.4 Å². The molecule has 0 fully saturated rings. The van der Waals surface area contributed by atoms with Crippen LogP contribution in [-0.2, 0) is 9.59 Å². The average Bonchev–Trinajstić information content (AvgIpc) is 3.24. The zero-order valence-electron chi connectivity index (χ0n) is 17.9. The van der Waals surface area contributed by atoms with Crippen molar-refractivity contribution >= 4 is 40.3 Å². The van der Waals surface area contributed by atoms with Crippen LogP contribution in [0.3, 0.4) is 0 Å². The summed E-state index contributed by atoms with van der Waals surface area (Å²) >= 11 is 1.76. The summed E-state index contributed by atoms with van der Waals surface area (Å²) in [5.74, 6) is 1.71. The number of fused-ring (bicyclic) bond motifs is 2. The van der Waals surface area contributed by atoms with Gasteiger partial charge in [-0.15, -0.1) is 11.8 Å². The number of hydrogen-bond donors (Lipinski definition) is 2. The molecule has 0 saturated carbocycles. The maximum absolute atomic E-state index is 12.8. The van der Waals surface area contributed by atoms with E-state index in [-0.39, 0.29) is 36.6 Å². The quantitative estimate of drug-likeness (QED) is 0.563. The summed E-state index contributed by atoms with van der Waals surface area (Å²) in [5, 5.41) is 3.11. The van der Waals surface area contributed by atoms with E-state index >= 15 is 0 Å². The molecule has 162 valence electrons. The Kier molecular flexibility index (Phi) is 6.61. The monoisotopic (exact) mass is 436 g/mol. The number of nitrogens with zero attached hydrogens (tertiary/aromatic N) is 2. The van der Waals surface area contributed by atoms with Crippen molar-refractivity contribution in [3.8, 4) is 0 Å². The van der Waals surface area contributed by atoms with Gasteiger partial charge >= 0.3 is 0 Å². The Balaban J connectivity index is 1.41. The molecule has 6 nitrogen and oxygen atoms in total. The van der Waals surface area contributed by atoms with E-state index in [1.54, 1.807) is 11.8 Å². The number of benzene rings is 2. The van der Waals surface area contributed by atoms with E-state index in [1.165, 1.54) is 0 Å². The highest BCUT2D eigenvalue weighted by Crippen LogP contribution is 2.34. The fraction of sp³-hybridized carbons (Fsp3) is 0.375. The molecule has 2 heterocycles. The molecule has 7 heteroatoms. The number of H-pyrrole nitrogens is 1. The largest absolute Gasteiger partial charge is 0.346 e. The molecule has 3 aromatic rings. The molecule has 2 amide bonds. The molecule has 2 atom stereocenters. The molecule has 1 aliphatic rings. The van der Waals surface area contributed by atoms with Gasteiger partial charge in [0.1, 0.15) is 5.82 Å². The van der Waals surface area contributed by atoms with Crippen LogP contribution in [-0.4, -0.2) is 34.1 Å². The molecule has 0 radical (unpaired) electrons. The van der Waals surface area contributed by atoms with Crippen molar-refractivity contribution in [2.45, 2.75) is 44.0 Å². The smallest absolute Gasteiger partial charge is 0.227 e. The van der Waals surface area contributed by atoms with Gasteiger partial charge in [-0.3, -0.25) is 9.59 Å². The number of aromatic nitrogens is 2. The van der Waals surface area contributed by atoms with Crippen LogP contribution in [0.1, 0.15) is 45.0 Å². The second-order valence-electron chi connectivity index (χ2n) is 7.93. The topological polar surface area (TPSA) is 78.1 Å². The van der Waals surface area contributed by atoms with Crippen LogP contribution in [0, 0.1) is 5.92 Å². The highest BCUT2D eigenvalue weighted by molar-refractivity contribution is 7.99. The lowest BCUT2D eigenvalue weighted by Gasteiger charge is -2.29. The fourth-order valence-electron chi connectivity index (χ4n) is 3.87. The molecular weight excluding hydrogens is 408 g/mol. The van der Waals surface area contributed by atoms with E-state index in [2.05, 4.69) is 29.1 Å². The van der Waals surface area contributed by atoms with Crippen molar-refractivity contribution in [2.75, 3.05) is 17.2 Å². The number of hydrogen-bond acceptors (Lipinski definition) is 4. The van der Waals surface area contributed by atoms with E-state index < -0.39 is 0 Å². The summed E-state index contributed by atoms with van der Waals surface area (Å²) < 4.78 is 0. The van der Waals surface area contributed by atoms with Crippen molar-refractivity contribution in [2.24, 2.45) is 5.92 Å². The van der Waals surface area contributed by atoms with Crippen LogP contribution >= 0.6 is 11.8 Å². The van der Waals surface area contributed by atoms with Crippen LogP contribution in [0.4, 0.5) is 5.69 Å². The van der Waals surface area contributed by atoms with E-state index in [0.29, 0.717) is 6.54 Å². The predicted molar refractivity (Wildman–Crippen MR) is 125 cm³/mol. The number of nitrogens with one attached hydrogen (secondary N) is 2. The maximum atomic E-state index is 12.8. The van der Waals surface area contributed by atoms with Crippen molar-refractivity contribution < 1.29 is 9.59 Å². The number of anilines is 1. The number of imidazole rings is 1. The molecule has 0 saturated heterocycles. The average molecular weight is 437 g/mol. The minimum Gasteiger partial charge on any atom is -0.346 e. The van der Waals surface area contributed by atoms with Gasteiger partial charge in [0.05, 0.1) is 22.8 Å². The summed E-state index contributed by atoms with van der Waals surface area (Å²) in [4.78, 5) is 36.6. The zero-order chi connectivity index (χ0) is 21.8. The van der Waals surface area contributed by atoms with Crippen molar-refractivity contribution in [3.63, 3.8) is 0 Å². The minimum absolute atomic E-state index is 0.00766.